The van der Waals surface area contributed by atoms with E-state index < -0.39 is 0 Å². The van der Waals surface area contributed by atoms with E-state index in [9.17, 15) is 9.59 Å². The van der Waals surface area contributed by atoms with Gasteiger partial charge in [-0.15, -0.1) is 0 Å². The molecule has 0 aromatic heterocycles. The fraction of sp³-hybridized carbons (Fsp3) is 0.824. The summed E-state index contributed by atoms with van der Waals surface area (Å²) >= 11 is 0. The summed E-state index contributed by atoms with van der Waals surface area (Å²) in [6.45, 7) is 8.18. The van der Waals surface area contributed by atoms with Crippen molar-refractivity contribution in [3.8, 4) is 0 Å². The van der Waals surface area contributed by atoms with Crippen LogP contribution in [0.3, 0.4) is 0 Å². The van der Waals surface area contributed by atoms with E-state index in [2.05, 4.69) is 15.6 Å². The monoisotopic (exact) mass is 353 g/mol. The van der Waals surface area contributed by atoms with Crippen molar-refractivity contribution in [1.29, 1.82) is 0 Å². The number of likely N-dealkylation sites (tertiary alicyclic amines) is 2. The van der Waals surface area contributed by atoms with Crippen molar-refractivity contribution < 1.29 is 14.3 Å². The Kier molecular flexibility index (Phi) is 7.81. The molecule has 2 aliphatic rings. The Bertz CT molecular complexity index is 469. The highest BCUT2D eigenvalue weighted by Gasteiger charge is 2.24. The van der Waals surface area contributed by atoms with Crippen LogP contribution < -0.4 is 10.6 Å². The number of piperidine rings is 1. The van der Waals surface area contributed by atoms with Crippen LogP contribution in [0.2, 0.25) is 0 Å². The maximum Gasteiger partial charge on any atom is 0.409 e. The highest BCUT2D eigenvalue weighted by molar-refractivity contribution is 5.85. The second-order valence-corrected chi connectivity index (χ2v) is 6.39. The molecule has 2 fully saturated rings. The van der Waals surface area contributed by atoms with Gasteiger partial charge in [0.25, 0.3) is 0 Å². The SMILES string of the molecule is CCNC(=NCC(=O)N1CCCC1)NC1CCN(C(=O)OCC)CC1. The molecule has 0 aromatic rings. The number of ether oxygens (including phenoxy) is 1. The molecule has 0 atom stereocenters. The number of amides is 2. The highest BCUT2D eigenvalue weighted by Crippen LogP contribution is 2.11. The molecule has 8 nitrogen and oxygen atoms in total. The van der Waals surface area contributed by atoms with Gasteiger partial charge in [-0.05, 0) is 39.5 Å². The maximum atomic E-state index is 12.1. The summed E-state index contributed by atoms with van der Waals surface area (Å²) in [4.78, 5) is 31.9. The number of carbonyl (C=O) groups is 2. The molecule has 142 valence electrons. The summed E-state index contributed by atoms with van der Waals surface area (Å²) in [7, 11) is 0. The van der Waals surface area contributed by atoms with E-state index in [0.717, 1.165) is 45.3 Å². The summed E-state index contributed by atoms with van der Waals surface area (Å²) in [5.41, 5.74) is 0. The molecule has 0 aromatic carbocycles. The second kappa shape index (κ2) is 10.1. The van der Waals surface area contributed by atoms with E-state index in [1.54, 1.807) is 4.90 Å². The van der Waals surface area contributed by atoms with Crippen LogP contribution in [0.5, 0.6) is 0 Å². The summed E-state index contributed by atoms with van der Waals surface area (Å²) in [6.07, 6.45) is 3.62. The predicted octanol–water partition coefficient (Wildman–Crippen LogP) is 0.785. The average Bonchev–Trinajstić information content (AvgIpc) is 3.15. The highest BCUT2D eigenvalue weighted by atomic mass is 16.6. The van der Waals surface area contributed by atoms with Crippen LogP contribution in [0.4, 0.5) is 4.79 Å². The number of carbonyl (C=O) groups excluding carboxylic acids is 2. The molecule has 2 amide bonds. The zero-order valence-corrected chi connectivity index (χ0v) is 15.4. The van der Waals surface area contributed by atoms with E-state index in [4.69, 9.17) is 4.74 Å². The number of hydrogen-bond donors (Lipinski definition) is 2. The first kappa shape index (κ1) is 19.3. The van der Waals surface area contributed by atoms with Crippen LogP contribution in [0.15, 0.2) is 4.99 Å². The first-order chi connectivity index (χ1) is 12.1. The normalized spacial score (nSPS) is 19.0. The van der Waals surface area contributed by atoms with Crippen LogP contribution in [0.25, 0.3) is 0 Å². The van der Waals surface area contributed by atoms with E-state index in [1.165, 1.54) is 0 Å². The van der Waals surface area contributed by atoms with Crippen molar-refractivity contribution >= 4 is 18.0 Å². The van der Waals surface area contributed by atoms with Gasteiger partial charge < -0.3 is 25.2 Å². The number of aliphatic imine (C=N–C) groups is 1. The van der Waals surface area contributed by atoms with Gasteiger partial charge in [-0.2, -0.15) is 0 Å². The van der Waals surface area contributed by atoms with Crippen molar-refractivity contribution in [1.82, 2.24) is 20.4 Å². The Morgan fingerprint density at radius 1 is 1.08 bits per heavy atom. The Balaban J connectivity index is 1.79. The van der Waals surface area contributed by atoms with Gasteiger partial charge in [0.05, 0.1) is 6.61 Å². The lowest BCUT2D eigenvalue weighted by molar-refractivity contribution is -0.128. The first-order valence-corrected chi connectivity index (χ1v) is 9.38. The fourth-order valence-electron chi connectivity index (χ4n) is 3.15. The predicted molar refractivity (Wildman–Crippen MR) is 96.5 cm³/mol. The molecule has 8 heteroatoms. The van der Waals surface area contributed by atoms with Gasteiger partial charge in [-0.25, -0.2) is 9.79 Å². The number of rotatable bonds is 5. The molecule has 2 saturated heterocycles. The minimum atomic E-state index is -0.238. The van der Waals surface area contributed by atoms with Gasteiger partial charge in [-0.1, -0.05) is 0 Å². The molecule has 0 unspecified atom stereocenters. The number of guanidine groups is 1. The molecular weight excluding hydrogens is 322 g/mol. The summed E-state index contributed by atoms with van der Waals surface area (Å²) < 4.78 is 5.04. The van der Waals surface area contributed by atoms with Gasteiger partial charge in [-0.3, -0.25) is 4.79 Å². The topological polar surface area (TPSA) is 86.3 Å². The second-order valence-electron chi connectivity index (χ2n) is 6.39. The molecule has 25 heavy (non-hydrogen) atoms. The van der Waals surface area contributed by atoms with Crippen molar-refractivity contribution in [2.24, 2.45) is 4.99 Å². The Morgan fingerprint density at radius 3 is 2.36 bits per heavy atom. The van der Waals surface area contributed by atoms with Gasteiger partial charge in [0.2, 0.25) is 5.91 Å². The minimum absolute atomic E-state index is 0.0897. The van der Waals surface area contributed by atoms with Crippen LogP contribution in [0, 0.1) is 0 Å². The Labute approximate surface area is 150 Å². The zero-order valence-electron chi connectivity index (χ0n) is 15.4. The Hall–Kier alpha value is -1.99. The van der Waals surface area contributed by atoms with Gasteiger partial charge in [0.15, 0.2) is 5.96 Å². The Morgan fingerprint density at radius 2 is 1.76 bits per heavy atom. The minimum Gasteiger partial charge on any atom is -0.450 e. The molecule has 2 N–H and O–H groups in total. The summed E-state index contributed by atoms with van der Waals surface area (Å²) in [5.74, 6) is 0.761. The lowest BCUT2D eigenvalue weighted by Crippen LogP contribution is -2.50. The summed E-state index contributed by atoms with van der Waals surface area (Å²) in [5, 5.41) is 6.58. The van der Waals surface area contributed by atoms with E-state index in [0.29, 0.717) is 25.7 Å². The lowest BCUT2D eigenvalue weighted by atomic mass is 10.1. The third-order valence-electron chi connectivity index (χ3n) is 4.54. The van der Waals surface area contributed by atoms with E-state index >= 15 is 0 Å². The molecule has 2 heterocycles. The molecular formula is C17H31N5O3. The standard InChI is InChI=1S/C17H31N5O3/c1-3-18-16(19-13-15(23)21-9-5-6-10-21)20-14-7-11-22(12-8-14)17(24)25-4-2/h14H,3-13H2,1-2H3,(H2,18,19,20). The van der Waals surface area contributed by atoms with Gasteiger partial charge in [0, 0.05) is 38.8 Å². The van der Waals surface area contributed by atoms with E-state index in [-0.39, 0.29) is 24.6 Å². The lowest BCUT2D eigenvalue weighted by Gasteiger charge is -2.32. The number of nitrogens with one attached hydrogen (secondary N) is 2. The van der Waals surface area contributed by atoms with Crippen LogP contribution in [-0.4, -0.2) is 79.7 Å². The molecule has 2 aliphatic heterocycles. The molecule has 2 rings (SSSR count). The van der Waals surface area contributed by atoms with Crippen molar-refractivity contribution in [2.75, 3.05) is 45.9 Å². The molecule has 0 spiro atoms. The maximum absolute atomic E-state index is 12.1. The number of hydrogen-bond acceptors (Lipinski definition) is 4. The van der Waals surface area contributed by atoms with Crippen LogP contribution in [-0.2, 0) is 9.53 Å². The van der Waals surface area contributed by atoms with Gasteiger partial charge in [0.1, 0.15) is 6.54 Å². The zero-order chi connectivity index (χ0) is 18.1. The van der Waals surface area contributed by atoms with Crippen LogP contribution >= 0.6 is 0 Å². The quantitative estimate of drug-likeness (QED) is 0.564. The fourth-order valence-corrected chi connectivity index (χ4v) is 3.15. The molecule has 0 radical (unpaired) electrons. The number of nitrogens with zero attached hydrogens (tertiary/aromatic N) is 3. The molecule has 0 saturated carbocycles. The van der Waals surface area contributed by atoms with E-state index in [1.807, 2.05) is 18.7 Å². The van der Waals surface area contributed by atoms with Crippen molar-refractivity contribution in [3.05, 3.63) is 0 Å². The van der Waals surface area contributed by atoms with Crippen molar-refractivity contribution in [3.63, 3.8) is 0 Å². The summed E-state index contributed by atoms with van der Waals surface area (Å²) in [6, 6.07) is 0.241. The smallest absolute Gasteiger partial charge is 0.409 e. The first-order valence-electron chi connectivity index (χ1n) is 9.38. The van der Waals surface area contributed by atoms with Crippen LogP contribution in [0.1, 0.15) is 39.5 Å². The third-order valence-corrected chi connectivity index (χ3v) is 4.54. The molecule has 0 bridgehead atoms. The van der Waals surface area contributed by atoms with Gasteiger partial charge >= 0.3 is 6.09 Å². The largest absolute Gasteiger partial charge is 0.450 e. The average molecular weight is 353 g/mol. The molecule has 0 aliphatic carbocycles. The third kappa shape index (κ3) is 6.10. The van der Waals surface area contributed by atoms with Crippen molar-refractivity contribution in [2.45, 2.75) is 45.6 Å².